The second-order valence-corrected chi connectivity index (χ2v) is 9.00. The number of carbonyl (C=O) groups excluding carboxylic acids is 1. The molecule has 0 unspecified atom stereocenters. The molecule has 0 aliphatic heterocycles. The summed E-state index contributed by atoms with van der Waals surface area (Å²) in [7, 11) is -3.73. The van der Waals surface area contributed by atoms with E-state index in [0.29, 0.717) is 31.2 Å². The molecule has 2 N–H and O–H groups in total. The summed E-state index contributed by atoms with van der Waals surface area (Å²) < 4.78 is 28.0. The van der Waals surface area contributed by atoms with E-state index in [-0.39, 0.29) is 27.8 Å². The Morgan fingerprint density at radius 1 is 1.04 bits per heavy atom. The van der Waals surface area contributed by atoms with E-state index < -0.39 is 10.0 Å². The fourth-order valence-electron chi connectivity index (χ4n) is 3.27. The molecule has 0 radical (unpaired) electrons. The van der Waals surface area contributed by atoms with Gasteiger partial charge >= 0.3 is 0 Å². The van der Waals surface area contributed by atoms with Gasteiger partial charge in [-0.1, -0.05) is 41.9 Å². The van der Waals surface area contributed by atoms with Crippen molar-refractivity contribution >= 4 is 27.4 Å². The van der Waals surface area contributed by atoms with E-state index >= 15 is 0 Å². The number of aliphatic hydroxyl groups is 1. The van der Waals surface area contributed by atoms with Crippen LogP contribution in [0.4, 0.5) is 0 Å². The number of Topliss-reactive ketones (excluding diaryl/α,β-unsaturated/α-hetero) is 1. The number of carbonyl (C=O) groups is 1. The van der Waals surface area contributed by atoms with Crippen LogP contribution in [-0.2, 0) is 10.0 Å². The number of hydrogen-bond donors (Lipinski definition) is 2. The number of benzene rings is 2. The molecule has 27 heavy (non-hydrogen) atoms. The molecule has 0 saturated heterocycles. The van der Waals surface area contributed by atoms with Crippen LogP contribution in [0.5, 0.6) is 0 Å². The highest BCUT2D eigenvalue weighted by Gasteiger charge is 2.26. The van der Waals surface area contributed by atoms with Gasteiger partial charge in [0.1, 0.15) is 4.90 Å². The lowest BCUT2D eigenvalue weighted by Gasteiger charge is -2.26. The van der Waals surface area contributed by atoms with Gasteiger partial charge in [0.2, 0.25) is 10.0 Å². The van der Waals surface area contributed by atoms with Crippen LogP contribution in [-0.4, -0.2) is 31.5 Å². The smallest absolute Gasteiger partial charge is 0.242 e. The topological polar surface area (TPSA) is 83.5 Å². The van der Waals surface area contributed by atoms with E-state index in [1.807, 2.05) is 12.1 Å². The van der Waals surface area contributed by atoms with E-state index in [2.05, 4.69) is 4.72 Å². The average molecular weight is 408 g/mol. The zero-order chi connectivity index (χ0) is 19.6. The van der Waals surface area contributed by atoms with Crippen LogP contribution in [0.3, 0.4) is 0 Å². The number of hydrogen-bond acceptors (Lipinski definition) is 4. The maximum atomic E-state index is 12.7. The van der Waals surface area contributed by atoms with Crippen LogP contribution in [0.15, 0.2) is 47.4 Å². The minimum absolute atomic E-state index is 0.0117. The Labute approximate surface area is 164 Å². The summed E-state index contributed by atoms with van der Waals surface area (Å²) >= 11 is 6.27. The van der Waals surface area contributed by atoms with Gasteiger partial charge in [-0.05, 0) is 55.9 Å². The molecule has 0 atom stereocenters. The lowest BCUT2D eigenvalue weighted by atomic mass is 9.94. The van der Waals surface area contributed by atoms with Crippen molar-refractivity contribution in [2.75, 3.05) is 0 Å². The molecule has 0 heterocycles. The molecule has 1 aliphatic rings. The first-order chi connectivity index (χ1) is 12.8. The molecule has 2 aromatic carbocycles. The van der Waals surface area contributed by atoms with Crippen LogP contribution < -0.4 is 4.72 Å². The Kier molecular flexibility index (Phi) is 6.01. The molecule has 1 fully saturated rings. The van der Waals surface area contributed by atoms with Crippen LogP contribution in [0.25, 0.3) is 11.1 Å². The van der Waals surface area contributed by atoms with Gasteiger partial charge in [-0.3, -0.25) is 4.79 Å². The molecule has 1 saturated carbocycles. The van der Waals surface area contributed by atoms with Crippen molar-refractivity contribution < 1.29 is 18.3 Å². The van der Waals surface area contributed by atoms with Crippen molar-refractivity contribution in [3.8, 4) is 11.1 Å². The molecule has 144 valence electrons. The number of halogens is 1. The number of rotatable bonds is 5. The standard InChI is InChI=1S/C20H22ClNO4S/c1-13(23)14-2-4-15(5-3-14)16-6-11-20(19(21)12-16)27(25,26)22-17-7-9-18(24)10-8-17/h2-6,11-12,17-18,22,24H,7-10H2,1H3/t17-,18-. The lowest BCUT2D eigenvalue weighted by Crippen LogP contribution is -2.38. The minimum atomic E-state index is -3.73. The largest absolute Gasteiger partial charge is 0.393 e. The molecule has 2 aromatic rings. The summed E-state index contributed by atoms with van der Waals surface area (Å²) in [5.41, 5.74) is 2.24. The normalized spacial score (nSPS) is 20.4. The highest BCUT2D eigenvalue weighted by atomic mass is 35.5. The quantitative estimate of drug-likeness (QED) is 0.738. The predicted molar refractivity (Wildman–Crippen MR) is 105 cm³/mol. The highest BCUT2D eigenvalue weighted by molar-refractivity contribution is 7.89. The number of nitrogens with one attached hydrogen (secondary N) is 1. The second kappa shape index (κ2) is 8.10. The molecular weight excluding hydrogens is 386 g/mol. The predicted octanol–water partition coefficient (Wildman–Crippen LogP) is 3.79. The van der Waals surface area contributed by atoms with Crippen molar-refractivity contribution in [3.05, 3.63) is 53.1 Å². The third-order valence-electron chi connectivity index (χ3n) is 4.86. The first-order valence-corrected chi connectivity index (χ1v) is 10.7. The monoisotopic (exact) mass is 407 g/mol. The molecule has 0 aromatic heterocycles. The minimum Gasteiger partial charge on any atom is -0.393 e. The number of ketones is 1. The molecule has 1 aliphatic carbocycles. The third kappa shape index (κ3) is 4.76. The summed E-state index contributed by atoms with van der Waals surface area (Å²) in [5.74, 6) is -0.0117. The van der Waals surface area contributed by atoms with Crippen LogP contribution in [0.2, 0.25) is 5.02 Å². The average Bonchev–Trinajstić information content (AvgIpc) is 2.63. The summed E-state index contributed by atoms with van der Waals surface area (Å²) in [6, 6.07) is 11.7. The molecule has 5 nitrogen and oxygen atoms in total. The Morgan fingerprint density at radius 3 is 2.19 bits per heavy atom. The molecule has 0 spiro atoms. The van der Waals surface area contributed by atoms with Crippen molar-refractivity contribution in [2.45, 2.75) is 49.6 Å². The SMILES string of the molecule is CC(=O)c1ccc(-c2ccc(S(=O)(=O)N[C@H]3CC[C@H](O)CC3)c(Cl)c2)cc1. The number of sulfonamides is 1. The first-order valence-electron chi connectivity index (χ1n) is 8.87. The van der Waals surface area contributed by atoms with E-state index in [1.165, 1.54) is 13.0 Å². The second-order valence-electron chi connectivity index (χ2n) is 6.91. The van der Waals surface area contributed by atoms with Gasteiger partial charge in [0, 0.05) is 11.6 Å². The zero-order valence-electron chi connectivity index (χ0n) is 15.0. The molecule has 0 amide bonds. The van der Waals surface area contributed by atoms with E-state index in [4.69, 9.17) is 11.6 Å². The van der Waals surface area contributed by atoms with E-state index in [0.717, 1.165) is 11.1 Å². The summed E-state index contributed by atoms with van der Waals surface area (Å²) in [4.78, 5) is 11.4. The number of aliphatic hydroxyl groups excluding tert-OH is 1. The van der Waals surface area contributed by atoms with Gasteiger partial charge in [-0.25, -0.2) is 13.1 Å². The van der Waals surface area contributed by atoms with Crippen LogP contribution in [0, 0.1) is 0 Å². The maximum absolute atomic E-state index is 12.7. The van der Waals surface area contributed by atoms with E-state index in [1.54, 1.807) is 24.3 Å². The Hall–Kier alpha value is -1.73. The Morgan fingerprint density at radius 2 is 1.63 bits per heavy atom. The van der Waals surface area contributed by atoms with Crippen molar-refractivity contribution in [3.63, 3.8) is 0 Å². The fraction of sp³-hybridized carbons (Fsp3) is 0.350. The zero-order valence-corrected chi connectivity index (χ0v) is 16.6. The van der Waals surface area contributed by atoms with Crippen LogP contribution >= 0.6 is 11.6 Å². The molecule has 3 rings (SSSR count). The maximum Gasteiger partial charge on any atom is 0.242 e. The third-order valence-corrected chi connectivity index (χ3v) is 6.87. The lowest BCUT2D eigenvalue weighted by molar-refractivity contribution is 0.101. The Balaban J connectivity index is 1.80. The van der Waals surface area contributed by atoms with E-state index in [9.17, 15) is 18.3 Å². The van der Waals surface area contributed by atoms with Crippen molar-refractivity contribution in [2.24, 2.45) is 0 Å². The fourth-order valence-corrected chi connectivity index (χ4v) is 5.12. The van der Waals surface area contributed by atoms with Crippen molar-refractivity contribution in [1.82, 2.24) is 4.72 Å². The van der Waals surface area contributed by atoms with Gasteiger partial charge in [0.25, 0.3) is 0 Å². The molecule has 7 heteroatoms. The molecule has 0 bridgehead atoms. The van der Waals surface area contributed by atoms with Gasteiger partial charge in [-0.15, -0.1) is 0 Å². The van der Waals surface area contributed by atoms with Gasteiger partial charge in [0.15, 0.2) is 5.78 Å². The summed E-state index contributed by atoms with van der Waals surface area (Å²) in [5, 5.41) is 9.70. The first kappa shape index (κ1) is 20.0. The molecular formula is C20H22ClNO4S. The van der Waals surface area contributed by atoms with Gasteiger partial charge < -0.3 is 5.11 Å². The summed E-state index contributed by atoms with van der Waals surface area (Å²) in [6.07, 6.45) is 2.06. The summed E-state index contributed by atoms with van der Waals surface area (Å²) in [6.45, 7) is 1.51. The van der Waals surface area contributed by atoms with Gasteiger partial charge in [-0.2, -0.15) is 0 Å². The van der Waals surface area contributed by atoms with Crippen LogP contribution in [0.1, 0.15) is 43.0 Å². The highest BCUT2D eigenvalue weighted by Crippen LogP contribution is 2.29. The van der Waals surface area contributed by atoms with Gasteiger partial charge in [0.05, 0.1) is 11.1 Å². The van der Waals surface area contributed by atoms with Crippen molar-refractivity contribution in [1.29, 1.82) is 0 Å². The Bertz CT molecular complexity index is 933.